The van der Waals surface area contributed by atoms with Crippen LogP contribution < -0.4 is 10.1 Å². The van der Waals surface area contributed by atoms with Crippen molar-refractivity contribution in [1.29, 1.82) is 0 Å². The number of hydrogen-bond donors (Lipinski definition) is 1. The first-order chi connectivity index (χ1) is 10.7. The minimum atomic E-state index is -0.111. The van der Waals surface area contributed by atoms with Crippen LogP contribution in [0.15, 0.2) is 24.3 Å². The lowest BCUT2D eigenvalue weighted by molar-refractivity contribution is -0.115. The Labute approximate surface area is 132 Å². The highest BCUT2D eigenvalue weighted by Crippen LogP contribution is 2.31. The van der Waals surface area contributed by atoms with Gasteiger partial charge in [0.1, 0.15) is 16.9 Å². The number of rotatable bonds is 5. The molecule has 22 heavy (non-hydrogen) atoms. The van der Waals surface area contributed by atoms with Crippen molar-refractivity contribution in [1.82, 2.24) is 10.2 Å². The predicted molar refractivity (Wildman–Crippen MR) is 83.2 cm³/mol. The summed E-state index contributed by atoms with van der Waals surface area (Å²) in [5, 5.41) is 12.2. The average Bonchev–Trinajstić information content (AvgIpc) is 3.19. The van der Waals surface area contributed by atoms with Crippen LogP contribution in [-0.2, 0) is 16.0 Å². The van der Waals surface area contributed by atoms with Crippen LogP contribution in [0.4, 0.5) is 5.13 Å². The van der Waals surface area contributed by atoms with Gasteiger partial charge in [0.2, 0.25) is 11.0 Å². The third-order valence-corrected chi connectivity index (χ3v) is 4.35. The number of carbonyl (C=O) groups excluding carboxylic acids is 1. The van der Waals surface area contributed by atoms with E-state index in [1.54, 1.807) is 7.11 Å². The summed E-state index contributed by atoms with van der Waals surface area (Å²) in [5.74, 6) is 0.662. The van der Waals surface area contributed by atoms with Crippen molar-refractivity contribution in [2.75, 3.05) is 19.0 Å². The number of hydrogen-bond acceptors (Lipinski definition) is 6. The van der Waals surface area contributed by atoms with Gasteiger partial charge < -0.3 is 14.8 Å². The molecule has 1 aromatic carbocycles. The Morgan fingerprint density at radius 3 is 2.91 bits per heavy atom. The molecule has 1 N–H and O–H groups in total. The van der Waals surface area contributed by atoms with Crippen molar-refractivity contribution >= 4 is 22.4 Å². The predicted octanol–water partition coefficient (Wildman–Crippen LogP) is 2.58. The highest BCUT2D eigenvalue weighted by atomic mass is 32.1. The third kappa shape index (κ3) is 3.61. The third-order valence-electron chi connectivity index (χ3n) is 3.42. The highest BCUT2D eigenvalue weighted by Gasteiger charge is 2.22. The number of ether oxygens (including phenoxy) is 2. The molecule has 1 atom stereocenters. The number of aromatic nitrogens is 2. The fourth-order valence-electron chi connectivity index (χ4n) is 2.28. The minimum absolute atomic E-state index is 0.0322. The standard InChI is InChI=1S/C15H17N3O3S/c1-20-11-6-4-10(5-7-11)9-13(19)16-15-18-17-14(22-15)12-3-2-8-21-12/h4-7,12H,2-3,8-9H2,1H3,(H,16,18,19)/t12-/m1/s1. The zero-order valence-electron chi connectivity index (χ0n) is 12.2. The molecule has 0 unspecified atom stereocenters. The van der Waals surface area contributed by atoms with Gasteiger partial charge in [-0.25, -0.2) is 0 Å². The van der Waals surface area contributed by atoms with Crippen LogP contribution in [-0.4, -0.2) is 29.8 Å². The fourth-order valence-corrected chi connectivity index (χ4v) is 3.12. The lowest BCUT2D eigenvalue weighted by Crippen LogP contribution is -2.14. The Balaban J connectivity index is 1.56. The second-order valence-electron chi connectivity index (χ2n) is 5.02. The molecule has 0 radical (unpaired) electrons. The number of nitrogens with zero attached hydrogens (tertiary/aromatic N) is 2. The summed E-state index contributed by atoms with van der Waals surface area (Å²) in [6, 6.07) is 7.42. The molecule has 1 aromatic heterocycles. The monoisotopic (exact) mass is 319 g/mol. The molecule has 2 aromatic rings. The molecule has 2 heterocycles. The van der Waals surface area contributed by atoms with E-state index in [4.69, 9.17) is 9.47 Å². The van der Waals surface area contributed by atoms with E-state index in [-0.39, 0.29) is 12.0 Å². The van der Waals surface area contributed by atoms with E-state index in [1.807, 2.05) is 24.3 Å². The van der Waals surface area contributed by atoms with Crippen molar-refractivity contribution in [3.8, 4) is 5.75 Å². The molecule has 1 aliphatic rings. The number of nitrogens with one attached hydrogen (secondary N) is 1. The van der Waals surface area contributed by atoms with Crippen molar-refractivity contribution in [2.45, 2.75) is 25.4 Å². The Hall–Kier alpha value is -1.99. The van der Waals surface area contributed by atoms with E-state index in [0.717, 1.165) is 35.8 Å². The first-order valence-corrected chi connectivity index (χ1v) is 7.94. The molecule has 1 aliphatic heterocycles. The van der Waals surface area contributed by atoms with Crippen LogP contribution in [0.1, 0.15) is 29.5 Å². The first-order valence-electron chi connectivity index (χ1n) is 7.12. The zero-order valence-corrected chi connectivity index (χ0v) is 13.1. The molecule has 0 aliphatic carbocycles. The molecule has 1 fully saturated rings. The van der Waals surface area contributed by atoms with Gasteiger partial charge in [-0.1, -0.05) is 23.5 Å². The molecule has 116 valence electrons. The highest BCUT2D eigenvalue weighted by molar-refractivity contribution is 7.15. The maximum absolute atomic E-state index is 12.0. The first kappa shape index (κ1) is 14.9. The van der Waals surface area contributed by atoms with Crippen LogP contribution in [0.25, 0.3) is 0 Å². The van der Waals surface area contributed by atoms with Gasteiger partial charge in [0, 0.05) is 6.61 Å². The van der Waals surface area contributed by atoms with Gasteiger partial charge in [0.15, 0.2) is 0 Å². The smallest absolute Gasteiger partial charge is 0.230 e. The average molecular weight is 319 g/mol. The molecular weight excluding hydrogens is 302 g/mol. The van der Waals surface area contributed by atoms with Gasteiger partial charge >= 0.3 is 0 Å². The minimum Gasteiger partial charge on any atom is -0.497 e. The van der Waals surface area contributed by atoms with E-state index < -0.39 is 0 Å². The summed E-state index contributed by atoms with van der Waals surface area (Å²) in [5.41, 5.74) is 0.919. The van der Waals surface area contributed by atoms with Gasteiger partial charge in [-0.3, -0.25) is 4.79 Å². The summed E-state index contributed by atoms with van der Waals surface area (Å²) < 4.78 is 10.7. The fraction of sp³-hybridized carbons (Fsp3) is 0.400. The van der Waals surface area contributed by atoms with Gasteiger partial charge in [0.25, 0.3) is 0 Å². The molecule has 0 saturated carbocycles. The van der Waals surface area contributed by atoms with Crippen LogP contribution in [0.2, 0.25) is 0 Å². The normalized spacial score (nSPS) is 17.4. The number of methoxy groups -OCH3 is 1. The van der Waals surface area contributed by atoms with E-state index in [9.17, 15) is 4.79 Å². The zero-order chi connectivity index (χ0) is 15.4. The second-order valence-corrected chi connectivity index (χ2v) is 6.03. The van der Waals surface area contributed by atoms with Crippen molar-refractivity contribution in [3.63, 3.8) is 0 Å². The molecule has 6 nitrogen and oxygen atoms in total. The van der Waals surface area contributed by atoms with Gasteiger partial charge in [0.05, 0.1) is 13.5 Å². The van der Waals surface area contributed by atoms with E-state index >= 15 is 0 Å². The Morgan fingerprint density at radius 2 is 2.23 bits per heavy atom. The molecule has 0 spiro atoms. The van der Waals surface area contributed by atoms with Crippen LogP contribution in [0, 0.1) is 0 Å². The molecule has 1 amide bonds. The summed E-state index contributed by atoms with van der Waals surface area (Å²) in [6.45, 7) is 0.767. The molecule has 3 rings (SSSR count). The molecule has 1 saturated heterocycles. The Bertz CT molecular complexity index is 636. The topological polar surface area (TPSA) is 73.3 Å². The van der Waals surface area contributed by atoms with Gasteiger partial charge in [-0.05, 0) is 30.5 Å². The maximum Gasteiger partial charge on any atom is 0.230 e. The van der Waals surface area contributed by atoms with E-state index in [2.05, 4.69) is 15.5 Å². The SMILES string of the molecule is COc1ccc(CC(=O)Nc2nnc([C@H]3CCCO3)s2)cc1. The van der Waals surface area contributed by atoms with Crippen molar-refractivity contribution < 1.29 is 14.3 Å². The van der Waals surface area contributed by atoms with Crippen LogP contribution in [0.5, 0.6) is 5.75 Å². The molecular formula is C15H17N3O3S. The summed E-state index contributed by atoms with van der Waals surface area (Å²) >= 11 is 1.38. The number of benzene rings is 1. The van der Waals surface area contributed by atoms with E-state index in [1.165, 1.54) is 11.3 Å². The van der Waals surface area contributed by atoms with E-state index in [0.29, 0.717) is 11.6 Å². The van der Waals surface area contributed by atoms with Crippen LogP contribution >= 0.6 is 11.3 Å². The summed E-state index contributed by atoms with van der Waals surface area (Å²) in [4.78, 5) is 12.0. The quantitative estimate of drug-likeness (QED) is 0.917. The second kappa shape index (κ2) is 6.85. The largest absolute Gasteiger partial charge is 0.497 e. The lowest BCUT2D eigenvalue weighted by Gasteiger charge is -2.04. The maximum atomic E-state index is 12.0. The lowest BCUT2D eigenvalue weighted by atomic mass is 10.1. The number of amides is 1. The number of anilines is 1. The molecule has 7 heteroatoms. The Morgan fingerprint density at radius 1 is 1.41 bits per heavy atom. The van der Waals surface area contributed by atoms with Crippen molar-refractivity contribution in [3.05, 3.63) is 34.8 Å². The summed E-state index contributed by atoms with van der Waals surface area (Å²) in [6.07, 6.45) is 2.33. The molecule has 0 bridgehead atoms. The van der Waals surface area contributed by atoms with Gasteiger partial charge in [-0.15, -0.1) is 10.2 Å². The van der Waals surface area contributed by atoms with Gasteiger partial charge in [-0.2, -0.15) is 0 Å². The Kier molecular flexibility index (Phi) is 4.65. The van der Waals surface area contributed by atoms with Crippen LogP contribution in [0.3, 0.4) is 0 Å². The number of carbonyl (C=O) groups is 1. The summed E-state index contributed by atoms with van der Waals surface area (Å²) in [7, 11) is 1.61. The van der Waals surface area contributed by atoms with Crippen molar-refractivity contribution in [2.24, 2.45) is 0 Å².